The molecule has 38 heavy (non-hydrogen) atoms. The Hall–Kier alpha value is -3.03. The third-order valence-corrected chi connectivity index (χ3v) is 7.98. The summed E-state index contributed by atoms with van der Waals surface area (Å²) in [6.45, 7) is 1.66. The average molecular weight is 572 g/mol. The molecule has 1 aliphatic rings. The predicted molar refractivity (Wildman–Crippen MR) is 141 cm³/mol. The zero-order chi connectivity index (χ0) is 27.8. The van der Waals surface area contributed by atoms with Gasteiger partial charge in [-0.2, -0.15) is 5.10 Å². The highest BCUT2D eigenvalue weighted by molar-refractivity contribution is 7.92. The number of piperidine rings is 1. The molecule has 4 rings (SSSR count). The number of methoxy groups -OCH3 is 1. The van der Waals surface area contributed by atoms with Crippen LogP contribution in [0.5, 0.6) is 5.75 Å². The van der Waals surface area contributed by atoms with Gasteiger partial charge in [0.05, 0.1) is 41.8 Å². The van der Waals surface area contributed by atoms with E-state index in [9.17, 15) is 27.3 Å². The van der Waals surface area contributed by atoms with E-state index in [1.807, 2.05) is 0 Å². The first kappa shape index (κ1) is 28.0. The van der Waals surface area contributed by atoms with Gasteiger partial charge in [0.15, 0.2) is 5.82 Å². The first-order valence-corrected chi connectivity index (χ1v) is 14.1. The van der Waals surface area contributed by atoms with Crippen LogP contribution in [0.25, 0.3) is 10.9 Å². The predicted octanol–water partition coefficient (Wildman–Crippen LogP) is 4.34. The summed E-state index contributed by atoms with van der Waals surface area (Å²) in [5, 5.41) is 16.6. The highest BCUT2D eigenvalue weighted by atomic mass is 35.5. The van der Waals surface area contributed by atoms with Gasteiger partial charge >= 0.3 is 0 Å². The zero-order valence-corrected chi connectivity index (χ0v) is 22.6. The average Bonchev–Trinajstić information content (AvgIpc) is 3.21. The maximum Gasteiger partial charge on any atom is 0.295 e. The third kappa shape index (κ3) is 5.84. The Morgan fingerprint density at radius 2 is 1.84 bits per heavy atom. The number of hydrogen-bond acceptors (Lipinski definition) is 7. The van der Waals surface area contributed by atoms with E-state index in [0.717, 1.165) is 10.6 Å². The van der Waals surface area contributed by atoms with Crippen LogP contribution < -0.4 is 9.04 Å². The van der Waals surface area contributed by atoms with Crippen molar-refractivity contribution >= 4 is 44.0 Å². The van der Waals surface area contributed by atoms with Crippen molar-refractivity contribution in [2.45, 2.75) is 44.8 Å². The number of benzene rings is 2. The van der Waals surface area contributed by atoms with Crippen molar-refractivity contribution in [1.29, 1.82) is 0 Å². The van der Waals surface area contributed by atoms with Gasteiger partial charge < -0.3 is 4.74 Å². The Morgan fingerprint density at radius 1 is 1.21 bits per heavy atom. The number of nitro groups is 1. The molecule has 2 aromatic carbocycles. The highest BCUT2D eigenvalue weighted by Gasteiger charge is 2.33. The first-order chi connectivity index (χ1) is 17.9. The van der Waals surface area contributed by atoms with Crippen molar-refractivity contribution in [2.24, 2.45) is 0 Å². The van der Waals surface area contributed by atoms with Crippen molar-refractivity contribution in [1.82, 2.24) is 14.7 Å². The largest absolute Gasteiger partial charge is 0.497 e. The molecule has 0 unspecified atom stereocenters. The summed E-state index contributed by atoms with van der Waals surface area (Å²) in [6.07, 6.45) is -1.83. The Labute approximate surface area is 223 Å². The highest BCUT2D eigenvalue weighted by Crippen LogP contribution is 2.39. The summed E-state index contributed by atoms with van der Waals surface area (Å²) in [5.74, 6) is 0.510. The Bertz CT molecular complexity index is 1430. The van der Waals surface area contributed by atoms with Crippen LogP contribution in [0, 0.1) is 10.1 Å². The molecule has 1 fully saturated rings. The number of sulfonamides is 1. The fraction of sp³-hybridized carbons (Fsp3) is 0.458. The number of likely N-dealkylation sites (tertiary alicyclic amines) is 1. The van der Waals surface area contributed by atoms with E-state index >= 15 is 0 Å². The standard InChI is InChI=1S/C24H28ClF2N5O5S/c1-15(29-13-17(26)10-18(27)14-29)11-30-23-21(32(33)34)9-8-20(25)22(23)24(28-30)31(38(3,35)36)12-16-4-6-19(37-2)7-5-16/h4-9,15,17-18H,10-14H2,1-3H3/t15-,17-,18+/m1/s1. The lowest BCUT2D eigenvalue weighted by molar-refractivity contribution is -0.383. The second kappa shape index (κ2) is 11.0. The molecule has 3 atom stereocenters. The quantitative estimate of drug-likeness (QED) is 0.277. The van der Waals surface area contributed by atoms with Crippen molar-refractivity contribution in [3.8, 4) is 5.75 Å². The lowest BCUT2D eigenvalue weighted by Gasteiger charge is -2.35. The number of fused-ring (bicyclic) bond motifs is 1. The molecule has 0 radical (unpaired) electrons. The third-order valence-electron chi connectivity index (χ3n) is 6.56. The SMILES string of the molecule is COc1ccc(CN(c2nn(C[C@@H](C)N3C[C@H](F)C[C@H](F)C3)c3c([N+](=O)[O-])ccc(Cl)c23)S(C)(=O)=O)cc1. The van der Waals surface area contributed by atoms with Gasteiger partial charge in [-0.15, -0.1) is 0 Å². The van der Waals surface area contributed by atoms with Gasteiger partial charge in [-0.1, -0.05) is 23.7 Å². The van der Waals surface area contributed by atoms with Crippen molar-refractivity contribution in [3.05, 3.63) is 57.1 Å². The van der Waals surface area contributed by atoms with Crippen LogP contribution in [-0.4, -0.2) is 72.9 Å². The number of non-ortho nitro benzene ring substituents is 1. The summed E-state index contributed by atoms with van der Waals surface area (Å²) in [4.78, 5) is 13.0. The van der Waals surface area contributed by atoms with E-state index in [0.29, 0.717) is 11.3 Å². The summed E-state index contributed by atoms with van der Waals surface area (Å²) in [7, 11) is -2.42. The van der Waals surface area contributed by atoms with E-state index in [4.69, 9.17) is 16.3 Å². The summed E-state index contributed by atoms with van der Waals surface area (Å²) >= 11 is 6.49. The van der Waals surface area contributed by atoms with Crippen LogP contribution in [-0.2, 0) is 23.1 Å². The zero-order valence-electron chi connectivity index (χ0n) is 21.1. The van der Waals surface area contributed by atoms with Crippen LogP contribution in [0.1, 0.15) is 18.9 Å². The van der Waals surface area contributed by atoms with E-state index in [2.05, 4.69) is 5.10 Å². The number of nitro benzene ring substituents is 1. The minimum atomic E-state index is -3.94. The molecule has 0 aliphatic carbocycles. The molecular formula is C24H28ClF2N5O5S. The Morgan fingerprint density at radius 3 is 2.39 bits per heavy atom. The molecule has 10 nitrogen and oxygen atoms in total. The minimum Gasteiger partial charge on any atom is -0.497 e. The van der Waals surface area contributed by atoms with Gasteiger partial charge in [0.2, 0.25) is 10.0 Å². The van der Waals surface area contributed by atoms with Crippen LogP contribution in [0.4, 0.5) is 20.3 Å². The number of alkyl halides is 2. The molecule has 0 amide bonds. The van der Waals surface area contributed by atoms with Crippen molar-refractivity contribution in [2.75, 3.05) is 30.8 Å². The van der Waals surface area contributed by atoms with Crippen molar-refractivity contribution < 1.29 is 26.9 Å². The molecule has 206 valence electrons. The van der Waals surface area contributed by atoms with E-state index < -0.39 is 33.3 Å². The van der Waals surface area contributed by atoms with E-state index in [-0.39, 0.29) is 60.0 Å². The summed E-state index contributed by atoms with van der Waals surface area (Å²) in [6, 6.07) is 8.83. The maximum atomic E-state index is 14.1. The van der Waals surface area contributed by atoms with Crippen LogP contribution in [0.15, 0.2) is 36.4 Å². The fourth-order valence-electron chi connectivity index (χ4n) is 4.68. The number of aromatic nitrogens is 2. The second-order valence-corrected chi connectivity index (χ2v) is 11.7. The molecular weight excluding hydrogens is 544 g/mol. The van der Waals surface area contributed by atoms with Gasteiger partial charge in [-0.25, -0.2) is 21.5 Å². The monoisotopic (exact) mass is 571 g/mol. The molecule has 0 saturated carbocycles. The number of anilines is 1. The smallest absolute Gasteiger partial charge is 0.295 e. The van der Waals surface area contributed by atoms with Crippen LogP contribution in [0.3, 0.4) is 0 Å². The number of ether oxygens (including phenoxy) is 1. The van der Waals surface area contributed by atoms with E-state index in [1.165, 1.54) is 23.9 Å². The number of rotatable bonds is 9. The number of nitrogens with zero attached hydrogens (tertiary/aromatic N) is 5. The summed E-state index contributed by atoms with van der Waals surface area (Å²) < 4.78 is 61.6. The maximum absolute atomic E-state index is 14.1. The van der Waals surface area contributed by atoms with Crippen LogP contribution in [0.2, 0.25) is 5.02 Å². The summed E-state index contributed by atoms with van der Waals surface area (Å²) in [5.41, 5.74) is 0.321. The Kier molecular flexibility index (Phi) is 8.09. The van der Waals surface area contributed by atoms with Gasteiger partial charge in [0.1, 0.15) is 23.6 Å². The number of hydrogen-bond donors (Lipinski definition) is 0. The molecule has 1 aliphatic heterocycles. The minimum absolute atomic E-state index is 0.0112. The lowest BCUT2D eigenvalue weighted by atomic mass is 10.1. The molecule has 2 heterocycles. The van der Waals surface area contributed by atoms with Gasteiger partial charge in [-0.05, 0) is 30.7 Å². The molecule has 1 aromatic heterocycles. The topological polar surface area (TPSA) is 111 Å². The Balaban J connectivity index is 1.83. The van der Waals surface area contributed by atoms with Gasteiger partial charge in [0, 0.05) is 31.6 Å². The molecule has 14 heteroatoms. The van der Waals surface area contributed by atoms with Crippen LogP contribution >= 0.6 is 11.6 Å². The molecule has 0 bridgehead atoms. The molecule has 3 aromatic rings. The molecule has 0 N–H and O–H groups in total. The molecule has 0 spiro atoms. The number of halogens is 3. The van der Waals surface area contributed by atoms with Crippen molar-refractivity contribution in [3.63, 3.8) is 0 Å². The van der Waals surface area contributed by atoms with Gasteiger partial charge in [-0.3, -0.25) is 19.7 Å². The lowest BCUT2D eigenvalue weighted by Crippen LogP contribution is -2.48. The molecule has 1 saturated heterocycles. The normalized spacial score (nSPS) is 19.4. The second-order valence-electron chi connectivity index (χ2n) is 9.40. The fourth-order valence-corrected chi connectivity index (χ4v) is 5.74. The first-order valence-electron chi connectivity index (χ1n) is 11.8. The van der Waals surface area contributed by atoms with Gasteiger partial charge in [0.25, 0.3) is 5.69 Å². The van der Waals surface area contributed by atoms with E-state index in [1.54, 1.807) is 36.1 Å².